The second-order valence-electron chi connectivity index (χ2n) is 4.83. The van der Waals surface area contributed by atoms with Crippen LogP contribution in [-0.4, -0.2) is 22.1 Å². The molecule has 0 bridgehead atoms. The average molecular weight is 341 g/mol. The maximum atomic E-state index is 12.3. The number of benzene rings is 1. The zero-order valence-corrected chi connectivity index (χ0v) is 13.7. The molecular weight excluding hydrogens is 330 g/mol. The van der Waals surface area contributed by atoms with Gasteiger partial charge in [-0.3, -0.25) is 9.78 Å². The Morgan fingerprint density at radius 3 is 2.70 bits per heavy atom. The van der Waals surface area contributed by atoms with Crippen molar-refractivity contribution in [1.29, 1.82) is 0 Å². The van der Waals surface area contributed by atoms with Gasteiger partial charge in [-0.2, -0.15) is 0 Å². The summed E-state index contributed by atoms with van der Waals surface area (Å²) in [6.45, 7) is 0. The van der Waals surface area contributed by atoms with Gasteiger partial charge in [0.2, 0.25) is 0 Å². The molecule has 5 nitrogen and oxygen atoms in total. The van der Waals surface area contributed by atoms with Crippen LogP contribution in [0.3, 0.4) is 0 Å². The largest absolute Gasteiger partial charge is 0.497 e. The summed E-state index contributed by atoms with van der Waals surface area (Å²) in [6.07, 6.45) is 1.70. The van der Waals surface area contributed by atoms with Crippen LogP contribution in [0.1, 0.15) is 0 Å². The first kappa shape index (κ1) is 14.1. The lowest BCUT2D eigenvalue weighted by atomic mass is 10.2. The van der Waals surface area contributed by atoms with Crippen molar-refractivity contribution in [2.45, 2.75) is 0 Å². The van der Waals surface area contributed by atoms with Crippen LogP contribution >= 0.6 is 22.7 Å². The first-order valence-electron chi connectivity index (χ1n) is 6.82. The highest BCUT2D eigenvalue weighted by molar-refractivity contribution is 7.22. The maximum absolute atomic E-state index is 12.3. The van der Waals surface area contributed by atoms with Crippen LogP contribution in [-0.2, 0) is 0 Å². The van der Waals surface area contributed by atoms with E-state index in [1.807, 2.05) is 30.3 Å². The van der Waals surface area contributed by atoms with Crippen LogP contribution in [0.5, 0.6) is 5.75 Å². The van der Waals surface area contributed by atoms with Crippen LogP contribution in [0.15, 0.2) is 46.8 Å². The van der Waals surface area contributed by atoms with Crippen LogP contribution in [0.2, 0.25) is 0 Å². The summed E-state index contributed by atoms with van der Waals surface area (Å²) >= 11 is 2.88. The SMILES string of the molecule is COc1ccc(-c2cc3nc(-c4cncs4)[nH]c(=O)c3s2)cc1. The van der Waals surface area contributed by atoms with E-state index in [1.165, 1.54) is 22.7 Å². The summed E-state index contributed by atoms with van der Waals surface area (Å²) in [4.78, 5) is 25.6. The van der Waals surface area contributed by atoms with Crippen molar-refractivity contribution in [2.75, 3.05) is 7.11 Å². The quantitative estimate of drug-likeness (QED) is 0.616. The highest BCUT2D eigenvalue weighted by Gasteiger charge is 2.12. The van der Waals surface area contributed by atoms with Crippen molar-refractivity contribution >= 4 is 32.9 Å². The van der Waals surface area contributed by atoms with E-state index in [1.54, 1.807) is 18.8 Å². The Hall–Kier alpha value is -2.51. The number of thiazole rings is 1. The topological polar surface area (TPSA) is 67.9 Å². The van der Waals surface area contributed by atoms with Gasteiger partial charge >= 0.3 is 0 Å². The molecule has 3 aromatic heterocycles. The summed E-state index contributed by atoms with van der Waals surface area (Å²) in [5.74, 6) is 1.36. The lowest BCUT2D eigenvalue weighted by Crippen LogP contribution is -2.06. The highest BCUT2D eigenvalue weighted by Crippen LogP contribution is 2.32. The molecule has 0 aliphatic heterocycles. The van der Waals surface area contributed by atoms with Crippen LogP contribution in [0.4, 0.5) is 0 Å². The molecule has 4 aromatic rings. The van der Waals surface area contributed by atoms with E-state index >= 15 is 0 Å². The Kier molecular flexibility index (Phi) is 3.44. The Morgan fingerprint density at radius 1 is 1.17 bits per heavy atom. The number of nitrogens with zero attached hydrogens (tertiary/aromatic N) is 2. The van der Waals surface area contributed by atoms with E-state index in [0.717, 1.165) is 21.1 Å². The number of ether oxygens (including phenoxy) is 1. The third-order valence-corrected chi connectivity index (χ3v) is 5.38. The normalized spacial score (nSPS) is 11.0. The summed E-state index contributed by atoms with van der Waals surface area (Å²) in [5, 5.41) is 0. The second kappa shape index (κ2) is 5.60. The van der Waals surface area contributed by atoms with Crippen LogP contribution in [0.25, 0.3) is 31.4 Å². The summed E-state index contributed by atoms with van der Waals surface area (Å²) < 4.78 is 5.80. The number of fused-ring (bicyclic) bond motifs is 1. The van der Waals surface area contributed by atoms with Crippen LogP contribution < -0.4 is 10.3 Å². The van der Waals surface area contributed by atoms with Crippen molar-refractivity contribution in [1.82, 2.24) is 15.0 Å². The number of methoxy groups -OCH3 is 1. The fraction of sp³-hybridized carbons (Fsp3) is 0.0625. The molecule has 0 amide bonds. The Morgan fingerprint density at radius 2 is 2.00 bits per heavy atom. The Bertz CT molecular complexity index is 1020. The average Bonchev–Trinajstić information content (AvgIpc) is 3.24. The number of thiophene rings is 1. The van der Waals surface area contributed by atoms with Gasteiger partial charge in [-0.15, -0.1) is 22.7 Å². The smallest absolute Gasteiger partial charge is 0.269 e. The number of H-pyrrole nitrogens is 1. The lowest BCUT2D eigenvalue weighted by molar-refractivity contribution is 0.415. The van der Waals surface area contributed by atoms with Gasteiger partial charge in [-0.25, -0.2) is 4.98 Å². The predicted molar refractivity (Wildman–Crippen MR) is 93.3 cm³/mol. The number of rotatable bonds is 3. The third-order valence-electron chi connectivity index (χ3n) is 3.42. The Labute approximate surface area is 139 Å². The van der Waals surface area contributed by atoms with E-state index in [4.69, 9.17) is 4.74 Å². The summed E-state index contributed by atoms with van der Waals surface area (Å²) in [7, 11) is 1.64. The zero-order chi connectivity index (χ0) is 15.8. The molecule has 3 heterocycles. The first-order chi connectivity index (χ1) is 11.2. The minimum absolute atomic E-state index is 0.122. The van der Waals surface area contributed by atoms with Gasteiger partial charge in [0.15, 0.2) is 5.82 Å². The second-order valence-corrected chi connectivity index (χ2v) is 6.77. The minimum atomic E-state index is -0.122. The van der Waals surface area contributed by atoms with E-state index < -0.39 is 0 Å². The number of hydrogen-bond acceptors (Lipinski definition) is 6. The number of nitrogens with one attached hydrogen (secondary N) is 1. The third kappa shape index (κ3) is 2.54. The summed E-state index contributed by atoms with van der Waals surface area (Å²) in [5.41, 5.74) is 3.33. The van der Waals surface area contributed by atoms with Crippen molar-refractivity contribution in [3.05, 3.63) is 52.4 Å². The summed E-state index contributed by atoms with van der Waals surface area (Å²) in [6, 6.07) is 9.70. The van der Waals surface area contributed by atoms with E-state index in [-0.39, 0.29) is 5.56 Å². The van der Waals surface area contributed by atoms with E-state index in [2.05, 4.69) is 15.0 Å². The highest BCUT2D eigenvalue weighted by atomic mass is 32.1. The standard InChI is InChI=1S/C16H11N3O2S2/c1-21-10-4-2-9(3-5-10)12-6-11-14(23-12)16(20)19-15(18-11)13-7-17-8-22-13/h2-8H,1H3,(H,18,19,20). The molecule has 0 aliphatic carbocycles. The van der Waals surface area contributed by atoms with Gasteiger partial charge in [0.05, 0.1) is 23.0 Å². The van der Waals surface area contributed by atoms with Crippen molar-refractivity contribution in [2.24, 2.45) is 0 Å². The molecule has 0 saturated heterocycles. The molecular formula is C16H11N3O2S2. The van der Waals surface area contributed by atoms with Gasteiger partial charge in [-0.05, 0) is 35.9 Å². The van der Waals surface area contributed by atoms with Crippen molar-refractivity contribution in [3.63, 3.8) is 0 Å². The molecule has 4 rings (SSSR count). The van der Waals surface area contributed by atoms with Gasteiger partial charge in [0, 0.05) is 11.1 Å². The van der Waals surface area contributed by atoms with Crippen LogP contribution in [0, 0.1) is 0 Å². The van der Waals surface area contributed by atoms with Gasteiger partial charge in [-0.1, -0.05) is 0 Å². The molecule has 0 radical (unpaired) electrons. The molecule has 0 aliphatic rings. The number of hydrogen-bond donors (Lipinski definition) is 1. The van der Waals surface area contributed by atoms with Crippen molar-refractivity contribution < 1.29 is 4.74 Å². The van der Waals surface area contributed by atoms with Gasteiger partial charge < -0.3 is 9.72 Å². The monoisotopic (exact) mass is 341 g/mol. The molecule has 23 heavy (non-hydrogen) atoms. The van der Waals surface area contributed by atoms with Gasteiger partial charge in [0.25, 0.3) is 5.56 Å². The fourth-order valence-electron chi connectivity index (χ4n) is 2.29. The predicted octanol–water partition coefficient (Wildman–Crippen LogP) is 3.78. The zero-order valence-electron chi connectivity index (χ0n) is 12.1. The van der Waals surface area contributed by atoms with Gasteiger partial charge in [0.1, 0.15) is 10.4 Å². The minimum Gasteiger partial charge on any atom is -0.497 e. The molecule has 0 unspecified atom stereocenters. The number of aromatic amines is 1. The van der Waals surface area contributed by atoms with Crippen molar-refractivity contribution in [3.8, 4) is 26.9 Å². The molecule has 0 atom stereocenters. The molecule has 0 fully saturated rings. The van der Waals surface area contributed by atoms with E-state index in [0.29, 0.717) is 16.0 Å². The first-order valence-corrected chi connectivity index (χ1v) is 8.51. The molecule has 0 spiro atoms. The molecule has 0 saturated carbocycles. The molecule has 114 valence electrons. The fourth-order valence-corrected chi connectivity index (χ4v) is 3.85. The Balaban J connectivity index is 1.84. The molecule has 1 N–H and O–H groups in total. The van der Waals surface area contributed by atoms with E-state index in [9.17, 15) is 4.79 Å². The molecule has 7 heteroatoms. The number of aromatic nitrogens is 3. The maximum Gasteiger partial charge on any atom is 0.269 e. The lowest BCUT2D eigenvalue weighted by Gasteiger charge is -2.00. The molecule has 1 aromatic carbocycles.